The van der Waals surface area contributed by atoms with Crippen LogP contribution < -0.4 is 0 Å². The van der Waals surface area contributed by atoms with Crippen LogP contribution in [0.25, 0.3) is 0 Å². The lowest BCUT2D eigenvalue weighted by Crippen LogP contribution is -2.09. The van der Waals surface area contributed by atoms with Gasteiger partial charge in [-0.05, 0) is 11.6 Å². The molecule has 0 aliphatic heterocycles. The largest absolute Gasteiger partial charge is 0.377 e. The third kappa shape index (κ3) is 3.36. The fraction of sp³-hybridized carbons (Fsp3) is 0.273. The number of hydrogen-bond acceptors (Lipinski definition) is 5. The van der Waals surface area contributed by atoms with Crippen molar-refractivity contribution in [2.45, 2.75) is 6.42 Å². The van der Waals surface area contributed by atoms with Crippen LogP contribution in [-0.2, 0) is 16.0 Å². The van der Waals surface area contributed by atoms with Gasteiger partial charge in [-0.3, -0.25) is 14.9 Å². The number of Topliss-reactive ketones (excluding diaryl/α,β-unsaturated/α-hetero) is 1. The highest BCUT2D eigenvalue weighted by atomic mass is 16.6. The van der Waals surface area contributed by atoms with E-state index in [-0.39, 0.29) is 30.1 Å². The third-order valence-electron chi connectivity index (χ3n) is 2.08. The maximum atomic E-state index is 11.3. The second-order valence-corrected chi connectivity index (χ2v) is 3.37. The molecule has 0 aromatic heterocycles. The highest BCUT2D eigenvalue weighted by molar-refractivity contribution is 5.82. The van der Waals surface area contributed by atoms with E-state index in [0.717, 1.165) is 0 Å². The number of ether oxygens (including phenoxy) is 1. The highest BCUT2D eigenvalue weighted by Gasteiger charge is 2.14. The van der Waals surface area contributed by atoms with Crippen molar-refractivity contribution in [1.29, 1.82) is 5.26 Å². The summed E-state index contributed by atoms with van der Waals surface area (Å²) in [6.45, 7) is -0.0150. The summed E-state index contributed by atoms with van der Waals surface area (Å²) in [6, 6.07) is 5.79. The molecule has 1 rings (SSSR count). The Labute approximate surface area is 97.6 Å². The first-order valence-electron chi connectivity index (χ1n) is 4.76. The first kappa shape index (κ1) is 12.8. The average Bonchev–Trinajstić information content (AvgIpc) is 2.28. The van der Waals surface area contributed by atoms with Gasteiger partial charge in [0.2, 0.25) is 0 Å². The molecule has 0 atom stereocenters. The Bertz CT molecular complexity index is 491. The summed E-state index contributed by atoms with van der Waals surface area (Å²) < 4.78 is 4.67. The van der Waals surface area contributed by atoms with Crippen LogP contribution in [0, 0.1) is 21.4 Å². The lowest BCUT2D eigenvalue weighted by atomic mass is 10.1. The van der Waals surface area contributed by atoms with Crippen molar-refractivity contribution < 1.29 is 14.5 Å². The van der Waals surface area contributed by atoms with Crippen molar-refractivity contribution in [3.05, 3.63) is 39.4 Å². The SMILES string of the molecule is COCC(=O)Cc1ccc([N+](=O)[O-])c(C#N)c1. The van der Waals surface area contributed by atoms with Crippen molar-refractivity contribution in [2.75, 3.05) is 13.7 Å². The first-order chi connectivity index (χ1) is 8.08. The number of nitrogens with zero attached hydrogens (tertiary/aromatic N) is 2. The predicted molar refractivity (Wildman–Crippen MR) is 58.4 cm³/mol. The van der Waals surface area contributed by atoms with Crippen LogP contribution in [0.2, 0.25) is 0 Å². The van der Waals surface area contributed by atoms with Gasteiger partial charge in [0.1, 0.15) is 18.2 Å². The molecule has 1 aromatic rings. The molecule has 6 nitrogen and oxygen atoms in total. The minimum atomic E-state index is -0.626. The van der Waals surface area contributed by atoms with Gasteiger partial charge in [0.05, 0.1) is 4.92 Å². The third-order valence-corrected chi connectivity index (χ3v) is 2.08. The summed E-state index contributed by atoms with van der Waals surface area (Å²) in [7, 11) is 1.41. The summed E-state index contributed by atoms with van der Waals surface area (Å²) >= 11 is 0. The van der Waals surface area contributed by atoms with Gasteiger partial charge in [-0.1, -0.05) is 6.07 Å². The number of benzene rings is 1. The van der Waals surface area contributed by atoms with E-state index in [1.807, 2.05) is 0 Å². The van der Waals surface area contributed by atoms with E-state index in [2.05, 4.69) is 4.74 Å². The average molecular weight is 234 g/mol. The van der Waals surface area contributed by atoms with E-state index < -0.39 is 4.92 Å². The van der Waals surface area contributed by atoms with E-state index in [0.29, 0.717) is 5.56 Å². The number of methoxy groups -OCH3 is 1. The topological polar surface area (TPSA) is 93.2 Å². The van der Waals surface area contributed by atoms with Gasteiger partial charge in [0.25, 0.3) is 5.69 Å². The molecule has 0 unspecified atom stereocenters. The van der Waals surface area contributed by atoms with Crippen molar-refractivity contribution in [3.8, 4) is 6.07 Å². The molecule has 0 saturated heterocycles. The Morgan fingerprint density at radius 2 is 2.29 bits per heavy atom. The fourth-order valence-corrected chi connectivity index (χ4v) is 1.38. The van der Waals surface area contributed by atoms with E-state index in [4.69, 9.17) is 5.26 Å². The molecule has 0 radical (unpaired) electrons. The number of nitro benzene ring substituents is 1. The monoisotopic (exact) mass is 234 g/mol. The number of rotatable bonds is 5. The number of hydrogen-bond donors (Lipinski definition) is 0. The Kier molecular flexibility index (Phi) is 4.31. The minimum absolute atomic E-state index is 0.0150. The van der Waals surface area contributed by atoms with Gasteiger partial charge < -0.3 is 4.74 Å². The second-order valence-electron chi connectivity index (χ2n) is 3.37. The van der Waals surface area contributed by atoms with Gasteiger partial charge in [-0.25, -0.2) is 0 Å². The fourth-order valence-electron chi connectivity index (χ4n) is 1.38. The summed E-state index contributed by atoms with van der Waals surface area (Å²) in [5.74, 6) is -0.148. The molecule has 1 aromatic carbocycles. The molecule has 6 heteroatoms. The molecule has 0 aliphatic rings. The minimum Gasteiger partial charge on any atom is -0.377 e. The van der Waals surface area contributed by atoms with E-state index in [1.165, 1.54) is 25.3 Å². The van der Waals surface area contributed by atoms with Crippen LogP contribution >= 0.6 is 0 Å². The number of nitriles is 1. The summed E-state index contributed by atoms with van der Waals surface area (Å²) in [5, 5.41) is 19.3. The molecular formula is C11H10N2O4. The van der Waals surface area contributed by atoms with Crippen LogP contribution in [0.1, 0.15) is 11.1 Å². The normalized spacial score (nSPS) is 9.65. The Balaban J connectivity index is 2.95. The Hall–Kier alpha value is -2.26. The first-order valence-corrected chi connectivity index (χ1v) is 4.76. The number of ketones is 1. The predicted octanol–water partition coefficient (Wildman–Crippen LogP) is 1.22. The van der Waals surface area contributed by atoms with Gasteiger partial charge in [-0.15, -0.1) is 0 Å². The molecule has 88 valence electrons. The lowest BCUT2D eigenvalue weighted by molar-refractivity contribution is -0.385. The molecule has 0 heterocycles. The van der Waals surface area contributed by atoms with Crippen molar-refractivity contribution in [3.63, 3.8) is 0 Å². The smallest absolute Gasteiger partial charge is 0.287 e. The van der Waals surface area contributed by atoms with Gasteiger partial charge in [0, 0.05) is 19.6 Å². The maximum Gasteiger partial charge on any atom is 0.287 e. The zero-order chi connectivity index (χ0) is 12.8. The van der Waals surface area contributed by atoms with E-state index >= 15 is 0 Å². The summed E-state index contributed by atoms with van der Waals surface area (Å²) in [5.41, 5.74) is 0.266. The number of nitro groups is 1. The highest BCUT2D eigenvalue weighted by Crippen LogP contribution is 2.19. The van der Waals surface area contributed by atoms with E-state index in [9.17, 15) is 14.9 Å². The number of carbonyl (C=O) groups is 1. The zero-order valence-electron chi connectivity index (χ0n) is 9.17. The van der Waals surface area contributed by atoms with Crippen molar-refractivity contribution >= 4 is 11.5 Å². The molecule has 0 N–H and O–H groups in total. The standard InChI is InChI=1S/C11H10N2O4/c1-17-7-10(14)5-8-2-3-11(13(15)16)9(4-8)6-12/h2-4H,5,7H2,1H3. The molecule has 0 aliphatic carbocycles. The van der Waals surface area contributed by atoms with Crippen molar-refractivity contribution in [2.24, 2.45) is 0 Å². The van der Waals surface area contributed by atoms with Crippen LogP contribution in [0.4, 0.5) is 5.69 Å². The molecular weight excluding hydrogens is 224 g/mol. The Morgan fingerprint density at radius 1 is 1.59 bits per heavy atom. The Morgan fingerprint density at radius 3 is 2.82 bits per heavy atom. The summed E-state index contributed by atoms with van der Waals surface area (Å²) in [6.07, 6.45) is 0.0977. The zero-order valence-corrected chi connectivity index (χ0v) is 9.17. The van der Waals surface area contributed by atoms with Gasteiger partial charge >= 0.3 is 0 Å². The van der Waals surface area contributed by atoms with Gasteiger partial charge in [0.15, 0.2) is 5.78 Å². The van der Waals surface area contributed by atoms with Crippen LogP contribution in [0.3, 0.4) is 0 Å². The molecule has 0 bridgehead atoms. The molecule has 0 fully saturated rings. The van der Waals surface area contributed by atoms with Gasteiger partial charge in [-0.2, -0.15) is 5.26 Å². The van der Waals surface area contributed by atoms with Crippen LogP contribution in [0.15, 0.2) is 18.2 Å². The molecule has 0 amide bonds. The summed E-state index contributed by atoms with van der Waals surface area (Å²) in [4.78, 5) is 21.2. The molecule has 0 saturated carbocycles. The van der Waals surface area contributed by atoms with Crippen LogP contribution in [0.5, 0.6) is 0 Å². The molecule has 0 spiro atoms. The number of carbonyl (C=O) groups excluding carboxylic acids is 1. The molecule has 17 heavy (non-hydrogen) atoms. The lowest BCUT2D eigenvalue weighted by Gasteiger charge is -2.01. The second kappa shape index (κ2) is 5.72. The quantitative estimate of drug-likeness (QED) is 0.564. The maximum absolute atomic E-state index is 11.3. The van der Waals surface area contributed by atoms with Crippen LogP contribution in [-0.4, -0.2) is 24.4 Å². The van der Waals surface area contributed by atoms with Crippen molar-refractivity contribution in [1.82, 2.24) is 0 Å². The van der Waals surface area contributed by atoms with E-state index in [1.54, 1.807) is 6.07 Å².